The number of nitrogen functional groups attached to an aromatic ring is 1. The molecule has 0 saturated heterocycles. The molecule has 0 bridgehead atoms. The lowest BCUT2D eigenvalue weighted by Gasteiger charge is -2.13. The minimum atomic E-state index is -3.75. The lowest BCUT2D eigenvalue weighted by Crippen LogP contribution is -2.16. The summed E-state index contributed by atoms with van der Waals surface area (Å²) in [5.74, 6) is 0.848. The molecule has 0 aliphatic heterocycles. The number of nitrogens with one attached hydrogen (secondary N) is 1. The van der Waals surface area contributed by atoms with Gasteiger partial charge in [0.2, 0.25) is 10.0 Å². The maximum Gasteiger partial charge on any atom is 0.240 e. The third-order valence-electron chi connectivity index (χ3n) is 3.89. The van der Waals surface area contributed by atoms with Gasteiger partial charge in [0, 0.05) is 12.2 Å². The Morgan fingerprint density at radius 1 is 1.25 bits per heavy atom. The predicted molar refractivity (Wildman–Crippen MR) is 81.9 cm³/mol. The molecule has 1 aliphatic rings. The molecule has 20 heavy (non-hydrogen) atoms. The largest absolute Gasteiger partial charge is 0.399 e. The number of benzene rings is 1. The zero-order valence-corrected chi connectivity index (χ0v) is 12.5. The molecule has 1 aliphatic carbocycles. The molecule has 0 atom stereocenters. The Morgan fingerprint density at radius 2 is 1.95 bits per heavy atom. The summed E-state index contributed by atoms with van der Waals surface area (Å²) in [5, 5.41) is 8.36. The van der Waals surface area contributed by atoms with E-state index in [4.69, 9.17) is 10.9 Å². The van der Waals surface area contributed by atoms with Gasteiger partial charge in [0.15, 0.2) is 0 Å². The van der Waals surface area contributed by atoms with Crippen molar-refractivity contribution in [2.24, 2.45) is 11.1 Å². The monoisotopic (exact) mass is 297 g/mol. The van der Waals surface area contributed by atoms with E-state index in [1.165, 1.54) is 38.2 Å². The van der Waals surface area contributed by atoms with Crippen molar-refractivity contribution < 1.29 is 8.42 Å². The normalized spacial score (nSPS) is 16.4. The van der Waals surface area contributed by atoms with E-state index in [1.807, 2.05) is 0 Å². The Labute approximate surface area is 120 Å². The van der Waals surface area contributed by atoms with Crippen molar-refractivity contribution in [3.63, 3.8) is 0 Å². The number of sulfonamides is 1. The average Bonchev–Trinajstić information content (AvgIpc) is 2.88. The van der Waals surface area contributed by atoms with E-state index in [-0.39, 0.29) is 4.90 Å². The fourth-order valence-corrected chi connectivity index (χ4v) is 3.58. The Morgan fingerprint density at radius 3 is 2.60 bits per heavy atom. The van der Waals surface area contributed by atoms with Crippen molar-refractivity contribution in [2.45, 2.75) is 43.4 Å². The highest BCUT2D eigenvalue weighted by Gasteiger charge is 2.16. The molecule has 0 spiro atoms. The van der Waals surface area contributed by atoms with Gasteiger partial charge in [0.05, 0.1) is 5.69 Å². The van der Waals surface area contributed by atoms with Gasteiger partial charge in [0.1, 0.15) is 4.90 Å². The minimum Gasteiger partial charge on any atom is -0.399 e. The minimum absolute atomic E-state index is 0.0679. The van der Waals surface area contributed by atoms with Gasteiger partial charge < -0.3 is 11.1 Å². The van der Waals surface area contributed by atoms with Crippen LogP contribution in [0.5, 0.6) is 0 Å². The first-order valence-corrected chi connectivity index (χ1v) is 8.67. The van der Waals surface area contributed by atoms with E-state index in [0.717, 1.165) is 18.9 Å². The predicted octanol–water partition coefficient (Wildman–Crippen LogP) is 2.30. The summed E-state index contributed by atoms with van der Waals surface area (Å²) in [7, 11) is -3.75. The fourth-order valence-electron chi connectivity index (χ4n) is 2.83. The van der Waals surface area contributed by atoms with Crippen LogP contribution in [0, 0.1) is 5.92 Å². The number of primary sulfonamides is 1. The smallest absolute Gasteiger partial charge is 0.240 e. The van der Waals surface area contributed by atoms with E-state index in [9.17, 15) is 8.42 Å². The third kappa shape index (κ3) is 4.11. The maximum absolute atomic E-state index is 11.5. The van der Waals surface area contributed by atoms with Gasteiger partial charge in [-0.3, -0.25) is 0 Å². The lowest BCUT2D eigenvalue weighted by molar-refractivity contribution is 0.491. The molecule has 2 rings (SSSR count). The van der Waals surface area contributed by atoms with Crippen LogP contribution >= 0.6 is 0 Å². The zero-order chi connectivity index (χ0) is 14.6. The standard InChI is InChI=1S/C14H23N3O2S/c15-12-7-8-13(14(10-12)20(16,18)19)17-9-3-6-11-4-1-2-5-11/h7-8,10-11,17H,1-6,9,15H2,(H2,16,18,19). The van der Waals surface area contributed by atoms with Crippen LogP contribution in [-0.4, -0.2) is 15.0 Å². The first-order chi connectivity index (χ1) is 9.47. The van der Waals surface area contributed by atoms with Crippen LogP contribution in [0.25, 0.3) is 0 Å². The van der Waals surface area contributed by atoms with Crippen LogP contribution in [-0.2, 0) is 10.0 Å². The number of rotatable bonds is 6. The second kappa shape index (κ2) is 6.45. The van der Waals surface area contributed by atoms with Crippen LogP contribution in [0.1, 0.15) is 38.5 Å². The van der Waals surface area contributed by atoms with E-state index in [0.29, 0.717) is 11.4 Å². The van der Waals surface area contributed by atoms with E-state index < -0.39 is 10.0 Å². The number of nitrogens with two attached hydrogens (primary N) is 2. The first kappa shape index (κ1) is 15.1. The van der Waals surface area contributed by atoms with Gasteiger partial charge in [-0.25, -0.2) is 13.6 Å². The molecule has 1 aromatic carbocycles. The lowest BCUT2D eigenvalue weighted by atomic mass is 10.0. The molecule has 0 amide bonds. The molecule has 1 aromatic rings. The van der Waals surface area contributed by atoms with Crippen molar-refractivity contribution in [3.05, 3.63) is 18.2 Å². The quantitative estimate of drug-likeness (QED) is 0.554. The van der Waals surface area contributed by atoms with Crippen LogP contribution in [0.2, 0.25) is 0 Å². The van der Waals surface area contributed by atoms with Crippen LogP contribution in [0.3, 0.4) is 0 Å². The molecule has 0 aromatic heterocycles. The van der Waals surface area contributed by atoms with E-state index in [1.54, 1.807) is 12.1 Å². The molecule has 1 saturated carbocycles. The second-order valence-electron chi connectivity index (χ2n) is 5.52. The highest BCUT2D eigenvalue weighted by molar-refractivity contribution is 7.89. The number of hydrogen-bond acceptors (Lipinski definition) is 4. The van der Waals surface area contributed by atoms with Crippen molar-refractivity contribution in [1.29, 1.82) is 0 Å². The van der Waals surface area contributed by atoms with Crippen LogP contribution < -0.4 is 16.2 Å². The van der Waals surface area contributed by atoms with Crippen LogP contribution in [0.4, 0.5) is 11.4 Å². The van der Waals surface area contributed by atoms with Gasteiger partial charge >= 0.3 is 0 Å². The van der Waals surface area contributed by atoms with E-state index in [2.05, 4.69) is 5.32 Å². The molecular formula is C14H23N3O2S. The SMILES string of the molecule is Nc1ccc(NCCCC2CCCC2)c(S(N)(=O)=O)c1. The summed E-state index contributed by atoms with van der Waals surface area (Å²) in [6.45, 7) is 0.753. The molecule has 0 unspecified atom stereocenters. The molecule has 5 nitrogen and oxygen atoms in total. The maximum atomic E-state index is 11.5. The Kier molecular flexibility index (Phi) is 4.88. The van der Waals surface area contributed by atoms with Crippen molar-refractivity contribution >= 4 is 21.4 Å². The summed E-state index contributed by atoms with van der Waals surface area (Å²) in [4.78, 5) is 0.0679. The van der Waals surface area contributed by atoms with Gasteiger partial charge in [-0.2, -0.15) is 0 Å². The topological polar surface area (TPSA) is 98.2 Å². The highest BCUT2D eigenvalue weighted by Crippen LogP contribution is 2.28. The summed E-state index contributed by atoms with van der Waals surface area (Å²) in [5.41, 5.74) is 6.54. The summed E-state index contributed by atoms with van der Waals surface area (Å²) in [6.07, 6.45) is 7.62. The zero-order valence-electron chi connectivity index (χ0n) is 11.6. The van der Waals surface area contributed by atoms with Crippen molar-refractivity contribution in [2.75, 3.05) is 17.6 Å². The average molecular weight is 297 g/mol. The van der Waals surface area contributed by atoms with Crippen molar-refractivity contribution in [3.8, 4) is 0 Å². The van der Waals surface area contributed by atoms with Gasteiger partial charge in [-0.15, -0.1) is 0 Å². The summed E-state index contributed by atoms with van der Waals surface area (Å²) >= 11 is 0. The third-order valence-corrected chi connectivity index (χ3v) is 4.84. The van der Waals surface area contributed by atoms with E-state index >= 15 is 0 Å². The molecule has 112 valence electrons. The summed E-state index contributed by atoms with van der Waals surface area (Å²) < 4.78 is 23.1. The van der Waals surface area contributed by atoms with Gasteiger partial charge in [-0.1, -0.05) is 25.7 Å². The number of hydrogen-bond donors (Lipinski definition) is 3. The number of anilines is 2. The molecule has 1 fully saturated rings. The molecule has 5 N–H and O–H groups in total. The highest BCUT2D eigenvalue weighted by atomic mass is 32.2. The molecule has 0 radical (unpaired) electrons. The van der Waals surface area contributed by atoms with Gasteiger partial charge in [-0.05, 0) is 37.0 Å². The Balaban J connectivity index is 1.92. The fraction of sp³-hybridized carbons (Fsp3) is 0.571. The molecular weight excluding hydrogens is 274 g/mol. The van der Waals surface area contributed by atoms with Gasteiger partial charge in [0.25, 0.3) is 0 Å². The Bertz CT molecular complexity index is 552. The summed E-state index contributed by atoms with van der Waals surface area (Å²) in [6, 6.07) is 4.74. The van der Waals surface area contributed by atoms with Crippen LogP contribution in [0.15, 0.2) is 23.1 Å². The Hall–Kier alpha value is -1.27. The van der Waals surface area contributed by atoms with Crippen molar-refractivity contribution in [1.82, 2.24) is 0 Å². The first-order valence-electron chi connectivity index (χ1n) is 7.13. The second-order valence-corrected chi connectivity index (χ2v) is 7.05. The molecule has 0 heterocycles. The molecule has 6 heteroatoms.